The molecule has 1 saturated heterocycles. The highest BCUT2D eigenvalue weighted by Gasteiger charge is 2.23. The molecule has 1 amide bonds. The van der Waals surface area contributed by atoms with Crippen LogP contribution in [-0.2, 0) is 4.79 Å². The van der Waals surface area contributed by atoms with Crippen molar-refractivity contribution >= 4 is 16.8 Å². The lowest BCUT2D eigenvalue weighted by atomic mass is 9.90. The van der Waals surface area contributed by atoms with E-state index >= 15 is 0 Å². The Balaban J connectivity index is 1.23. The summed E-state index contributed by atoms with van der Waals surface area (Å²) in [6.07, 6.45) is 11.9. The maximum Gasteiger partial charge on any atom is 0.248 e. The Morgan fingerprint density at radius 3 is 2.64 bits per heavy atom. The predicted molar refractivity (Wildman–Crippen MR) is 143 cm³/mol. The van der Waals surface area contributed by atoms with Crippen LogP contribution < -0.4 is 10.3 Å². The fraction of sp³-hybridized carbons (Fsp3) is 0.655. The van der Waals surface area contributed by atoms with Crippen LogP contribution in [0.15, 0.2) is 35.1 Å². The zero-order valence-electron chi connectivity index (χ0n) is 21.6. The number of aliphatic hydroxyl groups is 1. The second-order valence-electron chi connectivity index (χ2n) is 10.7. The van der Waals surface area contributed by atoms with E-state index in [1.54, 1.807) is 6.07 Å². The Morgan fingerprint density at radius 2 is 1.86 bits per heavy atom. The van der Waals surface area contributed by atoms with E-state index in [9.17, 15) is 14.7 Å². The number of pyridine rings is 1. The number of benzene rings is 1. The van der Waals surface area contributed by atoms with Crippen LogP contribution in [-0.4, -0.2) is 71.2 Å². The Labute approximate surface area is 214 Å². The van der Waals surface area contributed by atoms with Crippen LogP contribution in [0.2, 0.25) is 0 Å². The molecule has 2 aromatic rings. The molecule has 36 heavy (non-hydrogen) atoms. The maximum absolute atomic E-state index is 13.2. The third-order valence-electron chi connectivity index (χ3n) is 7.74. The molecule has 1 aliphatic heterocycles. The van der Waals surface area contributed by atoms with Crippen LogP contribution in [0.25, 0.3) is 10.9 Å². The van der Waals surface area contributed by atoms with Crippen molar-refractivity contribution in [1.29, 1.82) is 0 Å². The predicted octanol–water partition coefficient (Wildman–Crippen LogP) is 4.33. The third kappa shape index (κ3) is 8.34. The number of fused-ring (bicyclic) bond motifs is 1. The maximum atomic E-state index is 13.2. The molecule has 1 aromatic carbocycles. The van der Waals surface area contributed by atoms with Gasteiger partial charge in [-0.1, -0.05) is 32.1 Å². The molecule has 0 spiro atoms. The van der Waals surface area contributed by atoms with Gasteiger partial charge in [0.2, 0.25) is 11.5 Å². The topological polar surface area (TPSA) is 85.9 Å². The minimum absolute atomic E-state index is 0.109. The molecule has 0 radical (unpaired) electrons. The Bertz CT molecular complexity index is 1010. The first-order valence-corrected chi connectivity index (χ1v) is 14.0. The number of aliphatic hydroxyl groups excluding tert-OH is 1. The Kier molecular flexibility index (Phi) is 10.2. The number of nitrogens with zero attached hydrogens (tertiary/aromatic N) is 2. The fourth-order valence-corrected chi connectivity index (χ4v) is 5.58. The SMILES string of the molecule is O=C(CCCCOc1ccc2[nH]c(=O)ccc2c1)N(CCN1CCC(O)C1)CC1CCCCCCC1. The monoisotopic (exact) mass is 497 g/mol. The van der Waals surface area contributed by atoms with Gasteiger partial charge in [-0.2, -0.15) is 0 Å². The zero-order valence-corrected chi connectivity index (χ0v) is 21.6. The lowest BCUT2D eigenvalue weighted by Crippen LogP contribution is -2.41. The summed E-state index contributed by atoms with van der Waals surface area (Å²) in [5.74, 6) is 1.65. The van der Waals surface area contributed by atoms with E-state index in [1.165, 1.54) is 51.0 Å². The molecule has 2 aliphatic rings. The number of amides is 1. The van der Waals surface area contributed by atoms with E-state index in [0.717, 1.165) is 68.6 Å². The molecule has 198 valence electrons. The van der Waals surface area contributed by atoms with E-state index in [-0.39, 0.29) is 17.6 Å². The minimum Gasteiger partial charge on any atom is -0.494 e. The van der Waals surface area contributed by atoms with Gasteiger partial charge in [-0.25, -0.2) is 0 Å². The number of carbonyl (C=O) groups excluding carboxylic acids is 1. The highest BCUT2D eigenvalue weighted by Crippen LogP contribution is 2.24. The van der Waals surface area contributed by atoms with E-state index in [1.807, 2.05) is 18.2 Å². The molecule has 1 atom stereocenters. The summed E-state index contributed by atoms with van der Waals surface area (Å²) in [5.41, 5.74) is 0.690. The van der Waals surface area contributed by atoms with Crippen LogP contribution in [0.4, 0.5) is 0 Å². The van der Waals surface area contributed by atoms with Crippen LogP contribution in [0, 0.1) is 5.92 Å². The average molecular weight is 498 g/mol. The van der Waals surface area contributed by atoms with Crippen molar-refractivity contribution in [3.8, 4) is 5.75 Å². The van der Waals surface area contributed by atoms with Crippen molar-refractivity contribution in [3.63, 3.8) is 0 Å². The summed E-state index contributed by atoms with van der Waals surface area (Å²) >= 11 is 0. The van der Waals surface area contributed by atoms with Gasteiger partial charge in [0.05, 0.1) is 12.7 Å². The number of H-pyrrole nitrogens is 1. The fourth-order valence-electron chi connectivity index (χ4n) is 5.58. The molecule has 1 aliphatic carbocycles. The van der Waals surface area contributed by atoms with Gasteiger partial charge in [-0.15, -0.1) is 0 Å². The van der Waals surface area contributed by atoms with Gasteiger partial charge in [0.25, 0.3) is 0 Å². The number of carbonyl (C=O) groups is 1. The van der Waals surface area contributed by atoms with E-state index in [0.29, 0.717) is 18.9 Å². The number of unbranched alkanes of at least 4 members (excludes halogenated alkanes) is 1. The number of likely N-dealkylation sites (tertiary alicyclic amines) is 1. The van der Waals surface area contributed by atoms with Crippen molar-refractivity contribution in [2.24, 2.45) is 5.92 Å². The number of aromatic amines is 1. The molecule has 2 heterocycles. The number of β-amino-alcohol motifs (C(OH)–C–C–N with tert-alkyl or cyclic N) is 1. The number of aromatic nitrogens is 1. The van der Waals surface area contributed by atoms with Crippen molar-refractivity contribution in [2.45, 2.75) is 76.7 Å². The molecule has 7 heteroatoms. The summed E-state index contributed by atoms with van der Waals surface area (Å²) in [6, 6.07) is 8.99. The lowest BCUT2D eigenvalue weighted by Gasteiger charge is -2.30. The van der Waals surface area contributed by atoms with Crippen LogP contribution in [0.1, 0.15) is 70.6 Å². The molecule has 0 bridgehead atoms. The normalized spacial score (nSPS) is 19.8. The third-order valence-corrected chi connectivity index (χ3v) is 7.74. The largest absolute Gasteiger partial charge is 0.494 e. The molecule has 2 N–H and O–H groups in total. The number of nitrogens with one attached hydrogen (secondary N) is 1. The van der Waals surface area contributed by atoms with Gasteiger partial charge in [-0.3, -0.25) is 14.5 Å². The summed E-state index contributed by atoms with van der Waals surface area (Å²) in [4.78, 5) is 31.9. The highest BCUT2D eigenvalue weighted by molar-refractivity contribution is 5.79. The Hall–Kier alpha value is -2.38. The lowest BCUT2D eigenvalue weighted by molar-refractivity contribution is -0.132. The Morgan fingerprint density at radius 1 is 1.06 bits per heavy atom. The summed E-state index contributed by atoms with van der Waals surface area (Å²) in [5, 5.41) is 10.8. The van der Waals surface area contributed by atoms with E-state index in [2.05, 4.69) is 14.8 Å². The molecular weight excluding hydrogens is 454 g/mol. The first-order valence-electron chi connectivity index (χ1n) is 14.0. The first kappa shape index (κ1) is 26.7. The van der Waals surface area contributed by atoms with E-state index < -0.39 is 0 Å². The van der Waals surface area contributed by atoms with Gasteiger partial charge in [0.1, 0.15) is 5.75 Å². The summed E-state index contributed by atoms with van der Waals surface area (Å²) < 4.78 is 5.91. The smallest absolute Gasteiger partial charge is 0.248 e. The second-order valence-corrected chi connectivity index (χ2v) is 10.7. The minimum atomic E-state index is -0.218. The van der Waals surface area contributed by atoms with Crippen molar-refractivity contribution < 1.29 is 14.6 Å². The molecule has 1 saturated carbocycles. The van der Waals surface area contributed by atoms with Crippen molar-refractivity contribution in [1.82, 2.24) is 14.8 Å². The molecule has 7 nitrogen and oxygen atoms in total. The zero-order chi connectivity index (χ0) is 25.2. The van der Waals surface area contributed by atoms with Crippen molar-refractivity contribution in [2.75, 3.05) is 39.3 Å². The quantitative estimate of drug-likeness (QED) is 0.451. The van der Waals surface area contributed by atoms with Gasteiger partial charge in [-0.05, 0) is 62.3 Å². The number of rotatable bonds is 11. The van der Waals surface area contributed by atoms with Gasteiger partial charge >= 0.3 is 0 Å². The second kappa shape index (κ2) is 13.8. The summed E-state index contributed by atoms with van der Waals surface area (Å²) in [6.45, 7) is 4.72. The molecule has 1 unspecified atom stereocenters. The number of hydrogen-bond acceptors (Lipinski definition) is 5. The van der Waals surface area contributed by atoms with Crippen LogP contribution in [0.3, 0.4) is 0 Å². The number of ether oxygens (including phenoxy) is 1. The standard InChI is InChI=1S/C29H43N3O4/c33-25-15-16-31(22-25)17-18-32(21-23-8-4-2-1-3-5-9-23)29(35)10-6-7-19-36-26-12-13-27-24(20-26)11-14-28(34)30-27/h11-14,20,23,25,33H,1-10,15-19,21-22H2,(H,30,34). The average Bonchev–Trinajstić information content (AvgIpc) is 3.27. The molecule has 1 aromatic heterocycles. The molecular formula is C29H43N3O4. The van der Waals surface area contributed by atoms with Gasteiger partial charge in [0.15, 0.2) is 0 Å². The number of hydrogen-bond donors (Lipinski definition) is 2. The molecule has 4 rings (SSSR count). The van der Waals surface area contributed by atoms with Crippen LogP contribution >= 0.6 is 0 Å². The highest BCUT2D eigenvalue weighted by atomic mass is 16.5. The van der Waals surface area contributed by atoms with Crippen molar-refractivity contribution in [3.05, 3.63) is 40.7 Å². The van der Waals surface area contributed by atoms with Crippen LogP contribution in [0.5, 0.6) is 5.75 Å². The summed E-state index contributed by atoms with van der Waals surface area (Å²) in [7, 11) is 0. The van der Waals surface area contributed by atoms with Gasteiger partial charge in [0, 0.05) is 56.1 Å². The molecule has 2 fully saturated rings. The van der Waals surface area contributed by atoms with E-state index in [4.69, 9.17) is 4.74 Å². The first-order chi connectivity index (χ1) is 17.6. The van der Waals surface area contributed by atoms with Gasteiger partial charge < -0.3 is 19.7 Å².